The van der Waals surface area contributed by atoms with Gasteiger partial charge < -0.3 is 15.4 Å². The van der Waals surface area contributed by atoms with Gasteiger partial charge in [-0.3, -0.25) is 4.79 Å². The topological polar surface area (TPSA) is 76.1 Å². The average molecular weight is 383 g/mol. The highest BCUT2D eigenvalue weighted by Crippen LogP contribution is 2.23. The maximum Gasteiger partial charge on any atom is 0.258 e. The number of aromatic nitrogens is 2. The number of halogens is 1. The van der Waals surface area contributed by atoms with Gasteiger partial charge in [-0.05, 0) is 55.8 Å². The van der Waals surface area contributed by atoms with Crippen LogP contribution in [0.15, 0.2) is 54.9 Å². The Morgan fingerprint density at radius 1 is 1.11 bits per heavy atom. The highest BCUT2D eigenvalue weighted by Gasteiger charge is 2.10. The van der Waals surface area contributed by atoms with E-state index in [2.05, 4.69) is 20.6 Å². The minimum Gasteiger partial charge on any atom is -0.494 e. The molecular formula is C20H19ClN4O2. The predicted molar refractivity (Wildman–Crippen MR) is 107 cm³/mol. The Balaban J connectivity index is 1.65. The maximum absolute atomic E-state index is 12.4. The second kappa shape index (κ2) is 8.51. The summed E-state index contributed by atoms with van der Waals surface area (Å²) in [6, 6.07) is 12.8. The molecule has 0 fully saturated rings. The number of hydrogen-bond donors (Lipinski definition) is 2. The fourth-order valence-electron chi connectivity index (χ4n) is 2.38. The van der Waals surface area contributed by atoms with Gasteiger partial charge >= 0.3 is 0 Å². The van der Waals surface area contributed by atoms with Gasteiger partial charge in [-0.25, -0.2) is 9.97 Å². The molecule has 0 saturated carbocycles. The zero-order chi connectivity index (χ0) is 19.2. The second-order valence-corrected chi connectivity index (χ2v) is 6.15. The van der Waals surface area contributed by atoms with Crippen molar-refractivity contribution >= 4 is 34.8 Å². The van der Waals surface area contributed by atoms with E-state index in [0.29, 0.717) is 28.8 Å². The molecule has 1 aromatic heterocycles. The molecule has 2 aromatic carbocycles. The lowest BCUT2D eigenvalue weighted by Gasteiger charge is -2.10. The number of anilines is 3. The summed E-state index contributed by atoms with van der Waals surface area (Å²) in [6.45, 7) is 4.40. The molecule has 6 nitrogen and oxygen atoms in total. The first-order valence-corrected chi connectivity index (χ1v) is 8.83. The van der Waals surface area contributed by atoms with Crippen LogP contribution in [-0.4, -0.2) is 22.5 Å². The fraction of sp³-hybridized carbons (Fsp3) is 0.150. The van der Waals surface area contributed by atoms with Crippen LogP contribution in [0, 0.1) is 6.92 Å². The largest absolute Gasteiger partial charge is 0.494 e. The van der Waals surface area contributed by atoms with Gasteiger partial charge in [0.15, 0.2) is 0 Å². The third-order valence-electron chi connectivity index (χ3n) is 3.85. The van der Waals surface area contributed by atoms with E-state index >= 15 is 0 Å². The number of rotatable bonds is 6. The van der Waals surface area contributed by atoms with E-state index in [9.17, 15) is 4.79 Å². The monoisotopic (exact) mass is 382 g/mol. The van der Waals surface area contributed by atoms with Gasteiger partial charge in [-0.2, -0.15) is 0 Å². The molecule has 0 spiro atoms. The number of amides is 1. The molecule has 1 amide bonds. The molecule has 138 valence electrons. The third kappa shape index (κ3) is 4.74. The molecule has 2 N–H and O–H groups in total. The summed E-state index contributed by atoms with van der Waals surface area (Å²) in [7, 11) is 0. The number of hydrogen-bond acceptors (Lipinski definition) is 5. The average Bonchev–Trinajstić information content (AvgIpc) is 2.68. The Labute approximate surface area is 162 Å². The maximum atomic E-state index is 12.4. The quantitative estimate of drug-likeness (QED) is 0.638. The molecule has 1 heterocycles. The highest BCUT2D eigenvalue weighted by atomic mass is 35.5. The predicted octanol–water partition coefficient (Wildman–Crippen LogP) is 4.83. The zero-order valence-electron chi connectivity index (χ0n) is 15.0. The number of benzene rings is 2. The number of nitrogens with zero attached hydrogens (tertiary/aromatic N) is 2. The molecular weight excluding hydrogens is 364 g/mol. The molecule has 0 bridgehead atoms. The van der Waals surface area contributed by atoms with Gasteiger partial charge in [-0.1, -0.05) is 17.7 Å². The van der Waals surface area contributed by atoms with Crippen molar-refractivity contribution in [2.24, 2.45) is 0 Å². The molecule has 27 heavy (non-hydrogen) atoms. The first kappa shape index (κ1) is 18.7. The highest BCUT2D eigenvalue weighted by molar-refractivity contribution is 6.31. The van der Waals surface area contributed by atoms with Crippen LogP contribution in [-0.2, 0) is 0 Å². The van der Waals surface area contributed by atoms with E-state index in [1.165, 1.54) is 12.4 Å². The molecule has 0 atom stereocenters. The number of carbonyl (C=O) groups is 1. The van der Waals surface area contributed by atoms with Crippen LogP contribution in [0.4, 0.5) is 17.3 Å². The number of ether oxygens (including phenoxy) is 1. The summed E-state index contributed by atoms with van der Waals surface area (Å²) in [5, 5.41) is 6.49. The Morgan fingerprint density at radius 2 is 1.81 bits per heavy atom. The summed E-state index contributed by atoms with van der Waals surface area (Å²) >= 11 is 6.08. The molecule has 0 radical (unpaired) electrons. The van der Waals surface area contributed by atoms with Crippen LogP contribution in [0.5, 0.6) is 5.75 Å². The van der Waals surface area contributed by atoms with Crippen LogP contribution < -0.4 is 15.4 Å². The molecule has 3 aromatic rings. The summed E-state index contributed by atoms with van der Waals surface area (Å²) < 4.78 is 5.41. The summed E-state index contributed by atoms with van der Waals surface area (Å²) in [5.41, 5.74) is 2.64. The molecule has 0 aliphatic rings. The van der Waals surface area contributed by atoms with Crippen molar-refractivity contribution in [3.63, 3.8) is 0 Å². The van der Waals surface area contributed by atoms with E-state index in [1.54, 1.807) is 18.2 Å². The molecule has 0 saturated heterocycles. The smallest absolute Gasteiger partial charge is 0.258 e. The van der Waals surface area contributed by atoms with E-state index in [4.69, 9.17) is 16.3 Å². The lowest BCUT2D eigenvalue weighted by molar-refractivity contribution is 0.102. The van der Waals surface area contributed by atoms with Crippen LogP contribution in [0.2, 0.25) is 5.02 Å². The SMILES string of the molecule is CCOc1ccc(Nc2ncc(C(=O)Nc3cccc(Cl)c3C)cn2)cc1. The Kier molecular flexibility index (Phi) is 5.88. The van der Waals surface area contributed by atoms with Crippen LogP contribution in [0.3, 0.4) is 0 Å². The van der Waals surface area contributed by atoms with Crippen molar-refractivity contribution in [3.05, 3.63) is 71.0 Å². The van der Waals surface area contributed by atoms with Crippen LogP contribution in [0.25, 0.3) is 0 Å². The van der Waals surface area contributed by atoms with Crippen molar-refractivity contribution < 1.29 is 9.53 Å². The van der Waals surface area contributed by atoms with Crippen molar-refractivity contribution in [1.29, 1.82) is 0 Å². The normalized spacial score (nSPS) is 10.3. The number of nitrogens with one attached hydrogen (secondary N) is 2. The van der Waals surface area contributed by atoms with Crippen molar-refractivity contribution in [3.8, 4) is 5.75 Å². The van der Waals surface area contributed by atoms with Crippen molar-refractivity contribution in [1.82, 2.24) is 9.97 Å². The van der Waals surface area contributed by atoms with Gasteiger partial charge in [0.25, 0.3) is 5.91 Å². The summed E-state index contributed by atoms with van der Waals surface area (Å²) in [4.78, 5) is 20.8. The van der Waals surface area contributed by atoms with E-state index in [1.807, 2.05) is 38.1 Å². The van der Waals surface area contributed by atoms with Gasteiger partial charge in [0, 0.05) is 28.8 Å². The summed E-state index contributed by atoms with van der Waals surface area (Å²) in [5.74, 6) is 0.898. The van der Waals surface area contributed by atoms with Gasteiger partial charge in [0.05, 0.1) is 12.2 Å². The zero-order valence-corrected chi connectivity index (χ0v) is 15.7. The summed E-state index contributed by atoms with van der Waals surface area (Å²) in [6.07, 6.45) is 2.94. The van der Waals surface area contributed by atoms with Gasteiger partial charge in [-0.15, -0.1) is 0 Å². The molecule has 3 rings (SSSR count). The standard InChI is InChI=1S/C20H19ClN4O2/c1-3-27-16-9-7-15(8-10-16)24-20-22-11-14(12-23-20)19(26)25-18-6-4-5-17(21)13(18)2/h4-12H,3H2,1-2H3,(H,25,26)(H,22,23,24). The second-order valence-electron chi connectivity index (χ2n) is 5.74. The Bertz CT molecular complexity index is 928. The Morgan fingerprint density at radius 3 is 2.48 bits per heavy atom. The minimum atomic E-state index is -0.298. The van der Waals surface area contributed by atoms with Crippen molar-refractivity contribution in [2.75, 3.05) is 17.2 Å². The number of carbonyl (C=O) groups excluding carboxylic acids is 1. The Hall–Kier alpha value is -3.12. The van der Waals surface area contributed by atoms with Crippen LogP contribution >= 0.6 is 11.6 Å². The molecule has 7 heteroatoms. The molecule has 0 unspecified atom stereocenters. The van der Waals surface area contributed by atoms with Crippen LogP contribution in [0.1, 0.15) is 22.8 Å². The lowest BCUT2D eigenvalue weighted by atomic mass is 10.2. The van der Waals surface area contributed by atoms with Crippen molar-refractivity contribution in [2.45, 2.75) is 13.8 Å². The van der Waals surface area contributed by atoms with Gasteiger partial charge in [0.2, 0.25) is 5.95 Å². The fourth-order valence-corrected chi connectivity index (χ4v) is 2.55. The van der Waals surface area contributed by atoms with E-state index < -0.39 is 0 Å². The van der Waals surface area contributed by atoms with E-state index in [0.717, 1.165) is 17.0 Å². The third-order valence-corrected chi connectivity index (χ3v) is 4.26. The first-order valence-electron chi connectivity index (χ1n) is 8.45. The lowest BCUT2D eigenvalue weighted by Crippen LogP contribution is -2.14. The minimum absolute atomic E-state index is 0.298. The molecule has 0 aliphatic carbocycles. The van der Waals surface area contributed by atoms with E-state index in [-0.39, 0.29) is 5.91 Å². The van der Waals surface area contributed by atoms with Gasteiger partial charge in [0.1, 0.15) is 5.75 Å². The first-order chi connectivity index (χ1) is 13.1. The molecule has 0 aliphatic heterocycles.